The zero-order valence-electron chi connectivity index (χ0n) is 14.1. The Labute approximate surface area is 146 Å². The third kappa shape index (κ3) is 3.50. The van der Waals surface area contributed by atoms with Crippen LogP contribution in [0.1, 0.15) is 26.4 Å². The minimum absolute atomic E-state index is 0.0921. The molecule has 1 aromatic rings. The lowest BCUT2D eigenvalue weighted by Crippen LogP contribution is -2.14. The number of pyridine rings is 1. The predicted molar refractivity (Wildman–Crippen MR) is 96.2 cm³/mol. The van der Waals surface area contributed by atoms with Crippen LogP contribution < -0.4 is 5.32 Å². The fourth-order valence-corrected chi connectivity index (χ4v) is 2.73. The smallest absolute Gasteiger partial charge is 0.338 e. The second kappa shape index (κ2) is 7.13. The van der Waals surface area contributed by atoms with Gasteiger partial charge in [-0.15, -0.1) is 0 Å². The Morgan fingerprint density at radius 2 is 1.72 bits per heavy atom. The number of carbonyl (C=O) groups excluding carboxylic acids is 2. The lowest BCUT2D eigenvalue weighted by molar-refractivity contribution is 0.0602. The largest absolute Gasteiger partial charge is 0.465 e. The molecular formula is C20H18N2O3. The molecular weight excluding hydrogens is 316 g/mol. The number of fused-ring (bicyclic) bond motifs is 1. The summed E-state index contributed by atoms with van der Waals surface area (Å²) in [4.78, 5) is 29.0. The standard InChI is InChI=1S/C20H18N2O3/c1-13-7-6-10-19(22-13)21-12-18(23)16-11-17(20(24)25-2)15-9-5-3-4-8-14(15)16/h3-11H,12H2,1-2H3,(H,21,22). The molecule has 0 amide bonds. The molecule has 1 N–H and O–H groups in total. The number of hydrogen-bond acceptors (Lipinski definition) is 5. The van der Waals surface area contributed by atoms with Crippen molar-refractivity contribution in [1.82, 2.24) is 4.98 Å². The third-order valence-electron chi connectivity index (χ3n) is 3.93. The minimum atomic E-state index is -0.455. The fraction of sp³-hybridized carbons (Fsp3) is 0.150. The van der Waals surface area contributed by atoms with Gasteiger partial charge < -0.3 is 10.1 Å². The molecule has 2 aliphatic rings. The number of nitrogens with zero attached hydrogens (tertiary/aromatic N) is 1. The number of ether oxygens (including phenoxy) is 1. The minimum Gasteiger partial charge on any atom is -0.465 e. The SMILES string of the molecule is COC(=O)c1cc(C(=O)CNc2cccc(C)n2)c2cccccc1-2. The van der Waals surface area contributed by atoms with Gasteiger partial charge in [0.2, 0.25) is 0 Å². The molecule has 0 unspecified atom stereocenters. The number of esters is 1. The van der Waals surface area contributed by atoms with Crippen LogP contribution in [0.2, 0.25) is 0 Å². The Bertz CT molecular complexity index is 905. The van der Waals surface area contributed by atoms with Gasteiger partial charge in [-0.05, 0) is 36.2 Å². The number of anilines is 1. The van der Waals surface area contributed by atoms with Crippen LogP contribution in [-0.2, 0) is 4.74 Å². The van der Waals surface area contributed by atoms with E-state index in [-0.39, 0.29) is 12.3 Å². The maximum absolute atomic E-state index is 12.7. The fourth-order valence-electron chi connectivity index (χ4n) is 2.73. The van der Waals surface area contributed by atoms with Crippen molar-refractivity contribution in [3.8, 4) is 11.1 Å². The maximum Gasteiger partial charge on any atom is 0.338 e. The van der Waals surface area contributed by atoms with Crippen LogP contribution in [0.4, 0.5) is 5.82 Å². The number of methoxy groups -OCH3 is 1. The van der Waals surface area contributed by atoms with Gasteiger partial charge in [0.25, 0.3) is 0 Å². The van der Waals surface area contributed by atoms with Gasteiger partial charge in [-0.3, -0.25) is 4.79 Å². The highest BCUT2D eigenvalue weighted by atomic mass is 16.5. The van der Waals surface area contributed by atoms with E-state index in [1.807, 2.05) is 55.5 Å². The second-order valence-electron chi connectivity index (χ2n) is 5.64. The number of hydrogen-bond donors (Lipinski definition) is 1. The Balaban J connectivity index is 1.90. The summed E-state index contributed by atoms with van der Waals surface area (Å²) in [7, 11) is 1.33. The van der Waals surface area contributed by atoms with Crippen LogP contribution in [0.3, 0.4) is 0 Å². The van der Waals surface area contributed by atoms with E-state index in [0.29, 0.717) is 22.5 Å². The Hall–Kier alpha value is -3.21. The average Bonchev–Trinajstić information content (AvgIpc) is 2.80. The topological polar surface area (TPSA) is 68.3 Å². The number of nitrogens with one attached hydrogen (secondary N) is 1. The summed E-state index contributed by atoms with van der Waals surface area (Å²) in [5, 5.41) is 3.03. The first-order valence-electron chi connectivity index (χ1n) is 7.91. The van der Waals surface area contributed by atoms with E-state index in [2.05, 4.69) is 10.3 Å². The first kappa shape index (κ1) is 16.6. The van der Waals surface area contributed by atoms with E-state index >= 15 is 0 Å². The highest BCUT2D eigenvalue weighted by molar-refractivity contribution is 6.11. The summed E-state index contributed by atoms with van der Waals surface area (Å²) in [6, 6.07) is 16.3. The van der Waals surface area contributed by atoms with Gasteiger partial charge in [0, 0.05) is 11.3 Å². The Morgan fingerprint density at radius 3 is 2.40 bits per heavy atom. The van der Waals surface area contributed by atoms with Gasteiger partial charge in [0.15, 0.2) is 5.78 Å². The molecule has 0 aliphatic heterocycles. The van der Waals surface area contributed by atoms with E-state index in [0.717, 1.165) is 11.3 Å². The predicted octanol–water partition coefficient (Wildman–Crippen LogP) is 3.58. The van der Waals surface area contributed by atoms with Crippen molar-refractivity contribution >= 4 is 17.6 Å². The highest BCUT2D eigenvalue weighted by Crippen LogP contribution is 2.32. The molecule has 1 aromatic heterocycles. The molecule has 0 saturated carbocycles. The molecule has 0 saturated heterocycles. The van der Waals surface area contributed by atoms with Crippen LogP contribution in [0, 0.1) is 6.92 Å². The highest BCUT2D eigenvalue weighted by Gasteiger charge is 2.23. The van der Waals surface area contributed by atoms with Crippen LogP contribution in [0.25, 0.3) is 11.1 Å². The van der Waals surface area contributed by atoms with Crippen molar-refractivity contribution < 1.29 is 14.3 Å². The van der Waals surface area contributed by atoms with Crippen LogP contribution in [-0.4, -0.2) is 30.4 Å². The molecule has 0 aromatic carbocycles. The van der Waals surface area contributed by atoms with Crippen LogP contribution >= 0.6 is 0 Å². The molecule has 5 nitrogen and oxygen atoms in total. The number of aromatic nitrogens is 1. The van der Waals surface area contributed by atoms with Gasteiger partial charge >= 0.3 is 5.97 Å². The summed E-state index contributed by atoms with van der Waals surface area (Å²) in [5.41, 5.74) is 3.19. The van der Waals surface area contributed by atoms with Crippen molar-refractivity contribution in [2.24, 2.45) is 0 Å². The monoisotopic (exact) mass is 334 g/mol. The Morgan fingerprint density at radius 1 is 1.00 bits per heavy atom. The molecule has 0 radical (unpaired) electrons. The van der Waals surface area contributed by atoms with Crippen molar-refractivity contribution in [3.63, 3.8) is 0 Å². The maximum atomic E-state index is 12.7. The summed E-state index contributed by atoms with van der Waals surface area (Å²) in [6.07, 6.45) is 0. The summed E-state index contributed by atoms with van der Waals surface area (Å²) in [6.45, 7) is 1.98. The number of Topliss-reactive ketones (excluding diaryl/α,β-unsaturated/α-hetero) is 1. The van der Waals surface area contributed by atoms with Crippen LogP contribution in [0.5, 0.6) is 0 Å². The van der Waals surface area contributed by atoms with E-state index in [4.69, 9.17) is 4.74 Å². The van der Waals surface area contributed by atoms with Crippen molar-refractivity contribution in [3.05, 3.63) is 71.4 Å². The molecule has 0 atom stereocenters. The van der Waals surface area contributed by atoms with Gasteiger partial charge in [-0.1, -0.05) is 36.4 Å². The van der Waals surface area contributed by atoms with E-state index in [1.165, 1.54) is 7.11 Å². The second-order valence-corrected chi connectivity index (χ2v) is 5.64. The summed E-state index contributed by atoms with van der Waals surface area (Å²) < 4.78 is 4.83. The Kier molecular flexibility index (Phi) is 4.75. The lowest BCUT2D eigenvalue weighted by Gasteiger charge is -2.06. The molecule has 0 fully saturated rings. The first-order chi connectivity index (χ1) is 12.1. The van der Waals surface area contributed by atoms with Crippen molar-refractivity contribution in [2.45, 2.75) is 6.92 Å². The zero-order chi connectivity index (χ0) is 17.8. The summed E-state index contributed by atoms with van der Waals surface area (Å²) >= 11 is 0. The molecule has 1 heterocycles. The number of ketones is 1. The molecule has 0 spiro atoms. The third-order valence-corrected chi connectivity index (χ3v) is 3.93. The summed E-state index contributed by atoms with van der Waals surface area (Å²) in [5.74, 6) is 0.0705. The first-order valence-corrected chi connectivity index (χ1v) is 7.91. The zero-order valence-corrected chi connectivity index (χ0v) is 14.1. The van der Waals surface area contributed by atoms with Gasteiger partial charge in [0.05, 0.1) is 19.2 Å². The molecule has 3 rings (SSSR count). The van der Waals surface area contributed by atoms with E-state index < -0.39 is 5.97 Å². The number of aryl methyl sites for hydroxylation is 1. The van der Waals surface area contributed by atoms with Gasteiger partial charge in [0.1, 0.15) is 5.82 Å². The number of rotatable bonds is 5. The molecule has 0 bridgehead atoms. The molecule has 25 heavy (non-hydrogen) atoms. The molecule has 5 heteroatoms. The average molecular weight is 334 g/mol. The van der Waals surface area contributed by atoms with Crippen molar-refractivity contribution in [2.75, 3.05) is 19.0 Å². The quantitative estimate of drug-likeness (QED) is 0.570. The molecule has 2 aliphatic carbocycles. The van der Waals surface area contributed by atoms with Gasteiger partial charge in [-0.25, -0.2) is 9.78 Å². The van der Waals surface area contributed by atoms with Crippen LogP contribution in [0.15, 0.2) is 54.6 Å². The van der Waals surface area contributed by atoms with E-state index in [9.17, 15) is 9.59 Å². The lowest BCUT2D eigenvalue weighted by atomic mass is 10.1. The van der Waals surface area contributed by atoms with Crippen molar-refractivity contribution in [1.29, 1.82) is 0 Å². The molecule has 126 valence electrons. The number of carbonyl (C=O) groups is 2. The van der Waals surface area contributed by atoms with Gasteiger partial charge in [-0.2, -0.15) is 0 Å². The normalized spacial score (nSPS) is 10.5. The van der Waals surface area contributed by atoms with E-state index in [1.54, 1.807) is 6.07 Å².